The van der Waals surface area contributed by atoms with Crippen molar-refractivity contribution in [2.45, 2.75) is 19.1 Å². The molecule has 0 amide bonds. The molecule has 4 heteroatoms. The number of para-hydroxylation sites is 1. The molecule has 2 unspecified atom stereocenters. The van der Waals surface area contributed by atoms with Crippen molar-refractivity contribution in [3.05, 3.63) is 95.4 Å². The molecule has 27 heavy (non-hydrogen) atoms. The Morgan fingerprint density at radius 3 is 2.41 bits per heavy atom. The van der Waals surface area contributed by atoms with E-state index in [4.69, 9.17) is 11.6 Å². The Bertz CT molecular complexity index is 1100. The van der Waals surface area contributed by atoms with Gasteiger partial charge in [-0.05, 0) is 36.8 Å². The molecule has 0 aliphatic heterocycles. The van der Waals surface area contributed by atoms with Gasteiger partial charge in [-0.2, -0.15) is 0 Å². The number of aromatic nitrogens is 1. The Kier molecular flexibility index (Phi) is 4.73. The summed E-state index contributed by atoms with van der Waals surface area (Å²) in [5.74, 6) is -0.319. The van der Waals surface area contributed by atoms with Gasteiger partial charge in [0.15, 0.2) is 0 Å². The maximum absolute atomic E-state index is 13.8. The minimum atomic E-state index is -0.707. The molecule has 1 aromatic heterocycles. The zero-order valence-electron chi connectivity index (χ0n) is 14.8. The van der Waals surface area contributed by atoms with Crippen molar-refractivity contribution < 1.29 is 9.50 Å². The molecule has 4 aromatic rings. The van der Waals surface area contributed by atoms with Gasteiger partial charge in [0, 0.05) is 33.2 Å². The molecule has 2 nitrogen and oxygen atoms in total. The van der Waals surface area contributed by atoms with Gasteiger partial charge < -0.3 is 9.67 Å². The summed E-state index contributed by atoms with van der Waals surface area (Å²) in [5, 5.41) is 12.2. The lowest BCUT2D eigenvalue weighted by Gasteiger charge is -2.23. The third-order valence-corrected chi connectivity index (χ3v) is 5.18. The first-order chi connectivity index (χ1) is 13.1. The van der Waals surface area contributed by atoms with E-state index in [1.807, 2.05) is 65.4 Å². The van der Waals surface area contributed by atoms with E-state index in [-0.39, 0.29) is 5.82 Å². The number of aliphatic hydroxyl groups excluding tert-OH is 1. The van der Waals surface area contributed by atoms with Gasteiger partial charge in [0.1, 0.15) is 5.82 Å². The summed E-state index contributed by atoms with van der Waals surface area (Å²) in [6, 6.07) is 21.6. The quantitative estimate of drug-likeness (QED) is 0.457. The maximum Gasteiger partial charge on any atom is 0.123 e. The normalized spacial score (nSPS) is 13.6. The van der Waals surface area contributed by atoms with Crippen LogP contribution in [0, 0.1) is 5.82 Å². The molecule has 0 spiro atoms. The SMILES string of the molecule is CC(O)C(c1cccc(F)c1)n1cc(-c2ccccc2Cl)c2ccccc21. The first-order valence-electron chi connectivity index (χ1n) is 8.84. The lowest BCUT2D eigenvalue weighted by atomic mass is 10.0. The minimum absolute atomic E-state index is 0.319. The monoisotopic (exact) mass is 379 g/mol. The van der Waals surface area contributed by atoms with Gasteiger partial charge in [0.05, 0.1) is 12.1 Å². The highest BCUT2D eigenvalue weighted by molar-refractivity contribution is 6.33. The number of hydrogen-bond donors (Lipinski definition) is 1. The van der Waals surface area contributed by atoms with E-state index in [1.165, 1.54) is 12.1 Å². The number of benzene rings is 3. The topological polar surface area (TPSA) is 25.2 Å². The lowest BCUT2D eigenvalue weighted by molar-refractivity contribution is 0.150. The molecule has 0 fully saturated rings. The summed E-state index contributed by atoms with van der Waals surface area (Å²) in [5.41, 5.74) is 3.59. The smallest absolute Gasteiger partial charge is 0.123 e. The van der Waals surface area contributed by atoms with Crippen LogP contribution in [-0.4, -0.2) is 15.8 Å². The van der Waals surface area contributed by atoms with Crippen LogP contribution in [0.5, 0.6) is 0 Å². The van der Waals surface area contributed by atoms with E-state index < -0.39 is 12.1 Å². The molecule has 1 N–H and O–H groups in total. The molecular formula is C23H19ClFNO. The van der Waals surface area contributed by atoms with Crippen LogP contribution in [0.4, 0.5) is 4.39 Å². The molecule has 136 valence electrons. The molecule has 0 aliphatic rings. The second kappa shape index (κ2) is 7.18. The molecule has 0 aliphatic carbocycles. The molecule has 0 bridgehead atoms. The Morgan fingerprint density at radius 2 is 1.67 bits per heavy atom. The number of rotatable bonds is 4. The molecule has 4 rings (SSSR count). The van der Waals surface area contributed by atoms with Crippen molar-refractivity contribution >= 4 is 22.5 Å². The molecule has 0 saturated heterocycles. The second-order valence-electron chi connectivity index (χ2n) is 6.69. The number of hydrogen-bond acceptors (Lipinski definition) is 1. The van der Waals surface area contributed by atoms with Crippen molar-refractivity contribution in [1.29, 1.82) is 0 Å². The minimum Gasteiger partial charge on any atom is -0.391 e. The maximum atomic E-state index is 13.8. The Labute approximate surface area is 162 Å². The van der Waals surface area contributed by atoms with Crippen LogP contribution in [0.15, 0.2) is 79.0 Å². The van der Waals surface area contributed by atoms with E-state index in [0.717, 1.165) is 27.6 Å². The summed E-state index contributed by atoms with van der Waals surface area (Å²) < 4.78 is 15.8. The highest BCUT2D eigenvalue weighted by atomic mass is 35.5. The Balaban J connectivity index is 1.98. The zero-order valence-corrected chi connectivity index (χ0v) is 15.6. The predicted molar refractivity (Wildman–Crippen MR) is 109 cm³/mol. The van der Waals surface area contributed by atoms with Gasteiger partial charge >= 0.3 is 0 Å². The molecule has 1 heterocycles. The van der Waals surface area contributed by atoms with Crippen molar-refractivity contribution in [2.75, 3.05) is 0 Å². The highest BCUT2D eigenvalue weighted by Crippen LogP contribution is 2.38. The highest BCUT2D eigenvalue weighted by Gasteiger charge is 2.23. The van der Waals surface area contributed by atoms with Gasteiger partial charge in [-0.1, -0.05) is 60.1 Å². The van der Waals surface area contributed by atoms with E-state index in [2.05, 4.69) is 0 Å². The Hall–Kier alpha value is -2.62. The van der Waals surface area contributed by atoms with Crippen LogP contribution in [0.3, 0.4) is 0 Å². The van der Waals surface area contributed by atoms with Crippen LogP contribution in [0.2, 0.25) is 5.02 Å². The zero-order chi connectivity index (χ0) is 19.0. The summed E-state index contributed by atoms with van der Waals surface area (Å²) >= 11 is 6.44. The standard InChI is InChI=1S/C23H19ClFNO/c1-15(27)23(16-7-6-8-17(25)13-16)26-14-20(18-9-2-4-11-21(18)24)19-10-3-5-12-22(19)26/h2-15,23,27H,1H3. The first kappa shape index (κ1) is 17.8. The molecule has 2 atom stereocenters. The van der Waals surface area contributed by atoms with Gasteiger partial charge in [-0.25, -0.2) is 4.39 Å². The lowest BCUT2D eigenvalue weighted by Crippen LogP contribution is -2.22. The second-order valence-corrected chi connectivity index (χ2v) is 7.09. The fourth-order valence-corrected chi connectivity index (χ4v) is 3.93. The molecular weight excluding hydrogens is 361 g/mol. The van der Waals surface area contributed by atoms with Crippen molar-refractivity contribution in [3.8, 4) is 11.1 Å². The van der Waals surface area contributed by atoms with Crippen molar-refractivity contribution in [1.82, 2.24) is 4.57 Å². The predicted octanol–water partition coefficient (Wildman–Crippen LogP) is 6.07. The van der Waals surface area contributed by atoms with Crippen LogP contribution in [0.1, 0.15) is 18.5 Å². The summed E-state index contributed by atoms with van der Waals surface area (Å²) in [6.45, 7) is 1.72. The van der Waals surface area contributed by atoms with Gasteiger partial charge in [-0.15, -0.1) is 0 Å². The summed E-state index contributed by atoms with van der Waals surface area (Å²) in [4.78, 5) is 0. The fraction of sp³-hybridized carbons (Fsp3) is 0.130. The molecule has 3 aromatic carbocycles. The van der Waals surface area contributed by atoms with Crippen LogP contribution < -0.4 is 0 Å². The largest absolute Gasteiger partial charge is 0.391 e. The third-order valence-electron chi connectivity index (χ3n) is 4.85. The third kappa shape index (κ3) is 3.25. The number of fused-ring (bicyclic) bond motifs is 1. The summed E-state index contributed by atoms with van der Waals surface area (Å²) in [6.07, 6.45) is 1.29. The number of halogens is 2. The van der Waals surface area contributed by atoms with Gasteiger partial charge in [0.25, 0.3) is 0 Å². The Morgan fingerprint density at radius 1 is 0.926 bits per heavy atom. The van der Waals surface area contributed by atoms with E-state index in [0.29, 0.717) is 5.02 Å². The summed E-state index contributed by atoms with van der Waals surface area (Å²) in [7, 11) is 0. The van der Waals surface area contributed by atoms with Crippen molar-refractivity contribution in [3.63, 3.8) is 0 Å². The molecule has 0 saturated carbocycles. The van der Waals surface area contributed by atoms with E-state index in [1.54, 1.807) is 13.0 Å². The average molecular weight is 380 g/mol. The van der Waals surface area contributed by atoms with E-state index >= 15 is 0 Å². The van der Waals surface area contributed by atoms with Crippen molar-refractivity contribution in [2.24, 2.45) is 0 Å². The number of nitrogens with zero attached hydrogens (tertiary/aromatic N) is 1. The first-order valence-corrected chi connectivity index (χ1v) is 9.22. The average Bonchev–Trinajstić information content (AvgIpc) is 3.01. The van der Waals surface area contributed by atoms with Gasteiger partial charge in [-0.3, -0.25) is 0 Å². The van der Waals surface area contributed by atoms with Gasteiger partial charge in [0.2, 0.25) is 0 Å². The van der Waals surface area contributed by atoms with E-state index in [9.17, 15) is 9.50 Å². The fourth-order valence-electron chi connectivity index (χ4n) is 3.69. The van der Waals surface area contributed by atoms with Crippen LogP contribution in [-0.2, 0) is 0 Å². The van der Waals surface area contributed by atoms with Crippen LogP contribution in [0.25, 0.3) is 22.0 Å². The number of aliphatic hydroxyl groups is 1. The van der Waals surface area contributed by atoms with Crippen LogP contribution >= 0.6 is 11.6 Å². The molecule has 0 radical (unpaired) electrons.